The van der Waals surface area contributed by atoms with E-state index >= 15 is 0 Å². The van der Waals surface area contributed by atoms with Gasteiger partial charge in [-0.1, -0.05) is 13.8 Å². The lowest BCUT2D eigenvalue weighted by atomic mass is 10.1. The van der Waals surface area contributed by atoms with E-state index in [1.54, 1.807) is 0 Å². The second-order valence-electron chi connectivity index (χ2n) is 4.16. The maximum absolute atomic E-state index is 5.77. The van der Waals surface area contributed by atoms with Gasteiger partial charge in [0.05, 0.1) is 0 Å². The third kappa shape index (κ3) is 1.86. The first-order valence-corrected chi connectivity index (χ1v) is 5.35. The van der Waals surface area contributed by atoms with Crippen LogP contribution in [-0.4, -0.2) is 9.97 Å². The molecule has 0 amide bonds. The first kappa shape index (κ1) is 9.44. The zero-order chi connectivity index (χ0) is 10.1. The van der Waals surface area contributed by atoms with Gasteiger partial charge in [-0.25, -0.2) is 9.97 Å². The van der Waals surface area contributed by atoms with Gasteiger partial charge in [0.25, 0.3) is 0 Å². The van der Waals surface area contributed by atoms with Crippen LogP contribution >= 0.6 is 0 Å². The van der Waals surface area contributed by atoms with Crippen LogP contribution in [0.25, 0.3) is 0 Å². The summed E-state index contributed by atoms with van der Waals surface area (Å²) >= 11 is 0. The zero-order valence-corrected chi connectivity index (χ0v) is 8.83. The minimum absolute atomic E-state index is 0.413. The van der Waals surface area contributed by atoms with Crippen molar-refractivity contribution in [2.24, 2.45) is 0 Å². The molecule has 3 heteroatoms. The molecular formula is C11H17N3. The lowest BCUT2D eigenvalue weighted by molar-refractivity contribution is 0.672. The smallest absolute Gasteiger partial charge is 0.133 e. The van der Waals surface area contributed by atoms with Crippen LogP contribution in [0.5, 0.6) is 0 Å². The Bertz CT molecular complexity index is 331. The number of nitrogens with zero attached hydrogens (tertiary/aromatic N) is 2. The van der Waals surface area contributed by atoms with Crippen LogP contribution in [-0.2, 0) is 0 Å². The van der Waals surface area contributed by atoms with Crippen molar-refractivity contribution in [2.75, 3.05) is 5.73 Å². The van der Waals surface area contributed by atoms with Crippen LogP contribution in [0.4, 0.5) is 5.82 Å². The van der Waals surface area contributed by atoms with Crippen molar-refractivity contribution >= 4 is 5.82 Å². The van der Waals surface area contributed by atoms with E-state index in [1.165, 1.54) is 12.8 Å². The molecule has 14 heavy (non-hydrogen) atoms. The maximum Gasteiger partial charge on any atom is 0.133 e. The van der Waals surface area contributed by atoms with Crippen LogP contribution in [0.2, 0.25) is 0 Å². The summed E-state index contributed by atoms with van der Waals surface area (Å²) in [5.74, 6) is 2.60. The third-order valence-corrected chi connectivity index (χ3v) is 2.83. The minimum atomic E-state index is 0.413. The van der Waals surface area contributed by atoms with E-state index < -0.39 is 0 Å². The van der Waals surface area contributed by atoms with Gasteiger partial charge in [-0.2, -0.15) is 0 Å². The van der Waals surface area contributed by atoms with Gasteiger partial charge < -0.3 is 5.73 Å². The largest absolute Gasteiger partial charge is 0.384 e. The van der Waals surface area contributed by atoms with Gasteiger partial charge in [0, 0.05) is 23.6 Å². The molecule has 1 aliphatic rings. The predicted octanol–water partition coefficient (Wildman–Crippen LogP) is 2.45. The molecule has 1 saturated carbocycles. The molecule has 1 aliphatic carbocycles. The average molecular weight is 191 g/mol. The molecule has 0 radical (unpaired) electrons. The van der Waals surface area contributed by atoms with Crippen molar-refractivity contribution in [2.45, 2.75) is 44.9 Å². The summed E-state index contributed by atoms with van der Waals surface area (Å²) in [6.45, 7) is 4.29. The molecule has 0 bridgehead atoms. The fraction of sp³-hybridized carbons (Fsp3) is 0.636. The Morgan fingerprint density at radius 2 is 2.21 bits per heavy atom. The van der Waals surface area contributed by atoms with Gasteiger partial charge in [-0.05, 0) is 19.3 Å². The molecule has 3 nitrogen and oxygen atoms in total. The second-order valence-corrected chi connectivity index (χ2v) is 4.16. The van der Waals surface area contributed by atoms with Gasteiger partial charge in [0.15, 0.2) is 0 Å². The Balaban J connectivity index is 2.30. The fourth-order valence-corrected chi connectivity index (χ4v) is 1.50. The van der Waals surface area contributed by atoms with E-state index in [4.69, 9.17) is 5.73 Å². The molecule has 1 heterocycles. The molecule has 0 saturated heterocycles. The summed E-state index contributed by atoms with van der Waals surface area (Å²) in [6, 6.07) is 1.92. The number of aromatic nitrogens is 2. The molecule has 0 spiro atoms. The normalized spacial score (nSPS) is 18.1. The summed E-state index contributed by atoms with van der Waals surface area (Å²) < 4.78 is 0. The van der Waals surface area contributed by atoms with E-state index in [1.807, 2.05) is 6.07 Å². The van der Waals surface area contributed by atoms with Crippen molar-refractivity contribution in [3.63, 3.8) is 0 Å². The Morgan fingerprint density at radius 3 is 2.79 bits per heavy atom. The highest BCUT2D eigenvalue weighted by Crippen LogP contribution is 2.39. The summed E-state index contributed by atoms with van der Waals surface area (Å²) in [7, 11) is 0. The number of nitrogens with two attached hydrogens (primary N) is 1. The van der Waals surface area contributed by atoms with Gasteiger partial charge in [0.1, 0.15) is 11.6 Å². The predicted molar refractivity (Wildman–Crippen MR) is 57.1 cm³/mol. The molecule has 76 valence electrons. The van der Waals surface area contributed by atoms with Gasteiger partial charge >= 0.3 is 0 Å². The molecule has 1 atom stereocenters. The quantitative estimate of drug-likeness (QED) is 0.798. The van der Waals surface area contributed by atoms with Crippen LogP contribution in [0.15, 0.2) is 6.07 Å². The standard InChI is InChI=1S/C11H17N3/c1-3-7(2)11-13-9(8-4-5-8)6-10(12)14-11/h6-8H,3-5H2,1-2H3,(H2,12,13,14). The number of anilines is 1. The summed E-state index contributed by atoms with van der Waals surface area (Å²) in [6.07, 6.45) is 3.58. The van der Waals surface area contributed by atoms with E-state index in [2.05, 4.69) is 23.8 Å². The van der Waals surface area contributed by atoms with E-state index in [0.717, 1.165) is 17.9 Å². The van der Waals surface area contributed by atoms with Crippen LogP contribution < -0.4 is 5.73 Å². The topological polar surface area (TPSA) is 51.8 Å². The highest BCUT2D eigenvalue weighted by Gasteiger charge is 2.26. The van der Waals surface area contributed by atoms with Gasteiger partial charge in [0.2, 0.25) is 0 Å². The van der Waals surface area contributed by atoms with Crippen molar-refractivity contribution in [3.8, 4) is 0 Å². The molecule has 1 aromatic rings. The molecule has 0 aromatic carbocycles. The molecule has 2 rings (SSSR count). The highest BCUT2D eigenvalue weighted by molar-refractivity contribution is 5.33. The molecule has 1 unspecified atom stereocenters. The monoisotopic (exact) mass is 191 g/mol. The molecular weight excluding hydrogens is 174 g/mol. The van der Waals surface area contributed by atoms with E-state index in [9.17, 15) is 0 Å². The first-order valence-electron chi connectivity index (χ1n) is 5.35. The Hall–Kier alpha value is -1.12. The third-order valence-electron chi connectivity index (χ3n) is 2.83. The van der Waals surface area contributed by atoms with Crippen LogP contribution in [0.3, 0.4) is 0 Å². The SMILES string of the molecule is CCC(C)c1nc(N)cc(C2CC2)n1. The summed E-state index contributed by atoms with van der Waals surface area (Å²) in [5.41, 5.74) is 6.91. The summed E-state index contributed by atoms with van der Waals surface area (Å²) in [5, 5.41) is 0. The number of nitrogen functional groups attached to an aromatic ring is 1. The number of hydrogen-bond acceptors (Lipinski definition) is 3. The Morgan fingerprint density at radius 1 is 1.50 bits per heavy atom. The van der Waals surface area contributed by atoms with Crippen molar-refractivity contribution in [1.82, 2.24) is 9.97 Å². The van der Waals surface area contributed by atoms with Gasteiger partial charge in [-0.3, -0.25) is 0 Å². The number of rotatable bonds is 3. The second kappa shape index (κ2) is 3.56. The van der Waals surface area contributed by atoms with E-state index in [-0.39, 0.29) is 0 Å². The molecule has 0 aliphatic heterocycles. The van der Waals surface area contributed by atoms with Gasteiger partial charge in [-0.15, -0.1) is 0 Å². The van der Waals surface area contributed by atoms with Crippen LogP contribution in [0.1, 0.15) is 56.5 Å². The highest BCUT2D eigenvalue weighted by atomic mass is 15.0. The zero-order valence-electron chi connectivity index (χ0n) is 8.83. The number of hydrogen-bond donors (Lipinski definition) is 1. The molecule has 1 fully saturated rings. The lowest BCUT2D eigenvalue weighted by Gasteiger charge is -2.09. The first-order chi connectivity index (χ1) is 6.70. The Labute approximate surface area is 84.8 Å². The van der Waals surface area contributed by atoms with E-state index in [0.29, 0.717) is 17.7 Å². The molecule has 2 N–H and O–H groups in total. The van der Waals surface area contributed by atoms with Crippen molar-refractivity contribution in [3.05, 3.63) is 17.6 Å². The minimum Gasteiger partial charge on any atom is -0.384 e. The maximum atomic E-state index is 5.77. The fourth-order valence-electron chi connectivity index (χ4n) is 1.50. The van der Waals surface area contributed by atoms with Crippen molar-refractivity contribution in [1.29, 1.82) is 0 Å². The van der Waals surface area contributed by atoms with Crippen molar-refractivity contribution < 1.29 is 0 Å². The average Bonchev–Trinajstić information content (AvgIpc) is 2.98. The summed E-state index contributed by atoms with van der Waals surface area (Å²) in [4.78, 5) is 8.86. The van der Waals surface area contributed by atoms with Crippen LogP contribution in [0, 0.1) is 0 Å². The molecule has 1 aromatic heterocycles. The Kier molecular flexibility index (Phi) is 2.40. The lowest BCUT2D eigenvalue weighted by Crippen LogP contribution is -2.05.